The van der Waals surface area contributed by atoms with Crippen LogP contribution in [0.2, 0.25) is 0 Å². The van der Waals surface area contributed by atoms with Crippen LogP contribution in [-0.2, 0) is 14.3 Å². The first-order chi connectivity index (χ1) is 13.4. The molecule has 8 nitrogen and oxygen atoms in total. The van der Waals surface area contributed by atoms with E-state index in [-0.39, 0.29) is 42.0 Å². The minimum absolute atomic E-state index is 0. The molecule has 0 fully saturated rings. The minimum Gasteiger partial charge on any atom is -0.469 e. The molecule has 0 aliphatic rings. The summed E-state index contributed by atoms with van der Waals surface area (Å²) >= 11 is 1.34. The van der Waals surface area contributed by atoms with Crippen LogP contribution in [0.1, 0.15) is 72.9 Å². The molecule has 0 aromatic carbocycles. The van der Waals surface area contributed by atoms with Crippen molar-refractivity contribution >= 4 is 53.2 Å². The Morgan fingerprint density at radius 1 is 1.24 bits per heavy atom. The van der Waals surface area contributed by atoms with Crippen molar-refractivity contribution in [3.63, 3.8) is 0 Å². The highest BCUT2D eigenvalue weighted by Crippen LogP contribution is 2.24. The number of thiazole rings is 1. The van der Waals surface area contributed by atoms with E-state index in [4.69, 9.17) is 4.74 Å². The average Bonchev–Trinajstić information content (AvgIpc) is 3.06. The quantitative estimate of drug-likeness (QED) is 0.145. The van der Waals surface area contributed by atoms with Crippen molar-refractivity contribution in [2.75, 3.05) is 26.8 Å². The summed E-state index contributed by atoms with van der Waals surface area (Å²) in [5.41, 5.74) is 0.680. The molecule has 1 aromatic rings. The van der Waals surface area contributed by atoms with E-state index in [9.17, 15) is 9.59 Å². The summed E-state index contributed by atoms with van der Waals surface area (Å²) in [6.45, 7) is 9.33. The van der Waals surface area contributed by atoms with Gasteiger partial charge >= 0.3 is 11.9 Å². The van der Waals surface area contributed by atoms with Crippen molar-refractivity contribution in [3.8, 4) is 0 Å². The number of aliphatic imine (C=N–C) groups is 1. The summed E-state index contributed by atoms with van der Waals surface area (Å²) < 4.78 is 9.71. The lowest BCUT2D eigenvalue weighted by molar-refractivity contribution is -0.140. The number of guanidine groups is 1. The SMILES string of the molecule is CCNC(=NCCCCCC(=O)OC)NC(C)c1nc(C)c(C(=O)OCC)s1.I. The van der Waals surface area contributed by atoms with Gasteiger partial charge in [0.15, 0.2) is 5.96 Å². The fourth-order valence-electron chi connectivity index (χ4n) is 2.43. The maximum absolute atomic E-state index is 12.0. The number of methoxy groups -OCH3 is 1. The molecule has 0 saturated heterocycles. The van der Waals surface area contributed by atoms with Crippen LogP contribution in [0.25, 0.3) is 0 Å². The van der Waals surface area contributed by atoms with Gasteiger partial charge in [-0.2, -0.15) is 0 Å². The molecule has 2 N–H and O–H groups in total. The summed E-state index contributed by atoms with van der Waals surface area (Å²) in [4.78, 5) is 32.7. The molecular weight excluding hydrogens is 507 g/mol. The normalized spacial score (nSPS) is 12.0. The van der Waals surface area contributed by atoms with E-state index in [0.717, 1.165) is 30.8 Å². The first-order valence-corrected chi connectivity index (χ1v) is 10.5. The second-order valence-electron chi connectivity index (χ2n) is 6.20. The Balaban J connectivity index is 0.00000784. The van der Waals surface area contributed by atoms with Crippen molar-refractivity contribution in [3.05, 3.63) is 15.6 Å². The second-order valence-corrected chi connectivity index (χ2v) is 7.23. The van der Waals surface area contributed by atoms with E-state index in [1.54, 1.807) is 6.92 Å². The minimum atomic E-state index is -0.330. The molecule has 1 atom stereocenters. The van der Waals surface area contributed by atoms with Crippen LogP contribution < -0.4 is 10.6 Å². The standard InChI is InChI=1S/C19H32N4O4S.HI/c1-6-20-19(21-12-10-8-9-11-15(24)26-5)23-14(4)17-22-13(3)16(28-17)18(25)27-7-2;/h14H,6-12H2,1-5H3,(H2,20,21,23);1H. The van der Waals surface area contributed by atoms with E-state index in [1.165, 1.54) is 18.4 Å². The van der Waals surface area contributed by atoms with Crippen molar-refractivity contribution in [2.45, 2.75) is 59.4 Å². The molecule has 0 amide bonds. The van der Waals surface area contributed by atoms with Gasteiger partial charge in [-0.1, -0.05) is 6.42 Å². The second kappa shape index (κ2) is 15.4. The van der Waals surface area contributed by atoms with Gasteiger partial charge in [-0.15, -0.1) is 35.3 Å². The number of hydrogen-bond donors (Lipinski definition) is 2. The van der Waals surface area contributed by atoms with Gasteiger partial charge in [-0.25, -0.2) is 9.78 Å². The lowest BCUT2D eigenvalue weighted by atomic mass is 10.2. The molecule has 1 heterocycles. The number of aryl methyl sites for hydroxylation is 1. The number of unbranched alkanes of at least 4 members (excludes halogenated alkanes) is 2. The lowest BCUT2D eigenvalue weighted by Gasteiger charge is -2.16. The maximum Gasteiger partial charge on any atom is 0.350 e. The summed E-state index contributed by atoms with van der Waals surface area (Å²) in [5.74, 6) is 0.199. The van der Waals surface area contributed by atoms with Gasteiger partial charge in [0.05, 0.1) is 25.5 Å². The van der Waals surface area contributed by atoms with Crippen molar-refractivity contribution in [2.24, 2.45) is 4.99 Å². The van der Waals surface area contributed by atoms with Crippen LogP contribution in [0, 0.1) is 6.92 Å². The monoisotopic (exact) mass is 540 g/mol. The highest BCUT2D eigenvalue weighted by atomic mass is 127. The third kappa shape index (κ3) is 10.2. The van der Waals surface area contributed by atoms with Gasteiger partial charge in [0, 0.05) is 19.5 Å². The zero-order valence-corrected chi connectivity index (χ0v) is 21.0. The predicted octanol–water partition coefficient (Wildman–Crippen LogP) is 3.60. The Hall–Kier alpha value is -1.43. The molecule has 29 heavy (non-hydrogen) atoms. The molecule has 0 aliphatic heterocycles. The number of nitrogens with zero attached hydrogens (tertiary/aromatic N) is 2. The van der Waals surface area contributed by atoms with Crippen LogP contribution in [0.5, 0.6) is 0 Å². The summed E-state index contributed by atoms with van der Waals surface area (Å²) in [5, 5.41) is 7.35. The van der Waals surface area contributed by atoms with E-state index >= 15 is 0 Å². The van der Waals surface area contributed by atoms with Crippen LogP contribution in [0.15, 0.2) is 4.99 Å². The van der Waals surface area contributed by atoms with Crippen molar-refractivity contribution < 1.29 is 19.1 Å². The lowest BCUT2D eigenvalue weighted by Crippen LogP contribution is -2.38. The summed E-state index contributed by atoms with van der Waals surface area (Å²) in [6, 6.07) is -0.0935. The van der Waals surface area contributed by atoms with E-state index < -0.39 is 0 Å². The highest BCUT2D eigenvalue weighted by Gasteiger charge is 2.20. The summed E-state index contributed by atoms with van der Waals surface area (Å²) in [6.07, 6.45) is 3.06. The van der Waals surface area contributed by atoms with Crippen LogP contribution >= 0.6 is 35.3 Å². The highest BCUT2D eigenvalue weighted by molar-refractivity contribution is 14.0. The van der Waals surface area contributed by atoms with Crippen LogP contribution in [0.3, 0.4) is 0 Å². The number of esters is 2. The molecule has 0 saturated carbocycles. The number of carbonyl (C=O) groups is 2. The number of nitrogens with one attached hydrogen (secondary N) is 2. The number of halogens is 1. The maximum atomic E-state index is 12.0. The first kappa shape index (κ1) is 27.6. The van der Waals surface area contributed by atoms with Crippen LogP contribution in [-0.4, -0.2) is 49.7 Å². The van der Waals surface area contributed by atoms with Crippen LogP contribution in [0.4, 0.5) is 0 Å². The number of aromatic nitrogens is 1. The van der Waals surface area contributed by atoms with E-state index in [0.29, 0.717) is 36.1 Å². The van der Waals surface area contributed by atoms with Gasteiger partial charge in [0.2, 0.25) is 0 Å². The Bertz CT molecular complexity index is 667. The zero-order valence-electron chi connectivity index (χ0n) is 17.9. The number of carbonyl (C=O) groups excluding carboxylic acids is 2. The van der Waals surface area contributed by atoms with Gasteiger partial charge in [0.1, 0.15) is 9.88 Å². The van der Waals surface area contributed by atoms with Crippen molar-refractivity contribution in [1.29, 1.82) is 0 Å². The average molecular weight is 540 g/mol. The zero-order chi connectivity index (χ0) is 20.9. The molecule has 166 valence electrons. The molecule has 10 heteroatoms. The molecule has 0 aliphatic carbocycles. The Morgan fingerprint density at radius 2 is 1.97 bits per heavy atom. The molecule has 1 aromatic heterocycles. The van der Waals surface area contributed by atoms with Gasteiger partial charge in [-0.05, 0) is 40.5 Å². The fraction of sp³-hybridized carbons (Fsp3) is 0.684. The fourth-order valence-corrected chi connectivity index (χ4v) is 3.39. The molecule has 0 spiro atoms. The Morgan fingerprint density at radius 3 is 2.59 bits per heavy atom. The smallest absolute Gasteiger partial charge is 0.350 e. The number of rotatable bonds is 11. The molecule has 1 unspecified atom stereocenters. The number of hydrogen-bond acceptors (Lipinski definition) is 7. The van der Waals surface area contributed by atoms with Gasteiger partial charge in [0.25, 0.3) is 0 Å². The predicted molar refractivity (Wildman–Crippen MR) is 126 cm³/mol. The molecular formula is C19H33IN4O4S. The van der Waals surface area contributed by atoms with Crippen molar-refractivity contribution in [1.82, 2.24) is 15.6 Å². The van der Waals surface area contributed by atoms with E-state index in [1.807, 2.05) is 20.8 Å². The third-order valence-electron chi connectivity index (χ3n) is 3.88. The molecule has 1 rings (SSSR count). The van der Waals surface area contributed by atoms with E-state index in [2.05, 4.69) is 25.3 Å². The third-order valence-corrected chi connectivity index (χ3v) is 5.20. The van der Waals surface area contributed by atoms with Gasteiger partial charge in [-0.3, -0.25) is 9.79 Å². The topological polar surface area (TPSA) is 102 Å². The Kier molecular flexibility index (Phi) is 14.7. The molecule has 0 radical (unpaired) electrons. The largest absolute Gasteiger partial charge is 0.469 e. The number of ether oxygens (including phenoxy) is 2. The van der Waals surface area contributed by atoms with Gasteiger partial charge < -0.3 is 20.1 Å². The first-order valence-electron chi connectivity index (χ1n) is 9.68. The Labute approximate surface area is 194 Å². The molecule has 0 bridgehead atoms. The summed E-state index contributed by atoms with van der Waals surface area (Å²) in [7, 11) is 1.40.